The van der Waals surface area contributed by atoms with Crippen molar-refractivity contribution in [2.75, 3.05) is 11.9 Å². The number of carbonyl (C=O) groups excluding carboxylic acids is 1. The molecule has 0 saturated heterocycles. The number of amides is 1. The SMILES string of the molecule is CCOc1cccc2sc(NC(=O)Cc3ccc4nc[nH]c4c3)nc12. The van der Waals surface area contributed by atoms with Crippen molar-refractivity contribution in [3.63, 3.8) is 0 Å². The molecule has 0 aliphatic rings. The fourth-order valence-corrected chi connectivity index (χ4v) is 3.59. The second kappa shape index (κ2) is 6.52. The standard InChI is InChI=1S/C18H16N4O2S/c1-2-24-14-4-3-5-15-17(14)22-18(25-15)21-16(23)9-11-6-7-12-13(8-11)20-10-19-12/h3-8,10H,2,9H2,1H3,(H,19,20)(H,21,22,23). The molecule has 0 aliphatic carbocycles. The number of hydrogen-bond acceptors (Lipinski definition) is 5. The first kappa shape index (κ1) is 15.6. The third-order valence-corrected chi connectivity index (χ3v) is 4.71. The molecular formula is C18H16N4O2S. The zero-order valence-electron chi connectivity index (χ0n) is 13.6. The quantitative estimate of drug-likeness (QED) is 0.573. The largest absolute Gasteiger partial charge is 0.492 e. The molecule has 0 bridgehead atoms. The predicted molar refractivity (Wildman–Crippen MR) is 99.2 cm³/mol. The third-order valence-electron chi connectivity index (χ3n) is 3.78. The summed E-state index contributed by atoms with van der Waals surface area (Å²) < 4.78 is 6.57. The number of imidazole rings is 1. The molecule has 0 saturated carbocycles. The van der Waals surface area contributed by atoms with Gasteiger partial charge in [-0.2, -0.15) is 0 Å². The molecule has 2 aromatic heterocycles. The Kier molecular flexibility index (Phi) is 4.07. The van der Waals surface area contributed by atoms with Crippen LogP contribution in [0.2, 0.25) is 0 Å². The van der Waals surface area contributed by atoms with Gasteiger partial charge in [-0.1, -0.05) is 23.5 Å². The van der Waals surface area contributed by atoms with E-state index in [4.69, 9.17) is 4.74 Å². The number of para-hydroxylation sites is 1. The van der Waals surface area contributed by atoms with E-state index in [2.05, 4.69) is 20.3 Å². The number of nitrogens with zero attached hydrogens (tertiary/aromatic N) is 2. The minimum atomic E-state index is -0.101. The van der Waals surface area contributed by atoms with Crippen LogP contribution >= 0.6 is 11.3 Å². The first-order chi connectivity index (χ1) is 12.2. The van der Waals surface area contributed by atoms with Crippen LogP contribution in [0.15, 0.2) is 42.7 Å². The molecule has 0 aliphatic heterocycles. The fraction of sp³-hybridized carbons (Fsp3) is 0.167. The maximum atomic E-state index is 12.3. The number of thiazole rings is 1. The Labute approximate surface area is 147 Å². The van der Waals surface area contributed by atoms with Crippen LogP contribution in [0.25, 0.3) is 21.3 Å². The maximum absolute atomic E-state index is 12.3. The van der Waals surface area contributed by atoms with Gasteiger partial charge in [0.25, 0.3) is 0 Å². The number of nitrogens with one attached hydrogen (secondary N) is 2. The van der Waals surface area contributed by atoms with Crippen LogP contribution in [0.3, 0.4) is 0 Å². The minimum absolute atomic E-state index is 0.101. The number of fused-ring (bicyclic) bond motifs is 2. The Morgan fingerprint density at radius 3 is 3.12 bits per heavy atom. The predicted octanol–water partition coefficient (Wildman–Crippen LogP) is 3.75. The van der Waals surface area contributed by atoms with Gasteiger partial charge in [-0.15, -0.1) is 0 Å². The second-order valence-electron chi connectivity index (χ2n) is 5.53. The maximum Gasteiger partial charge on any atom is 0.230 e. The highest BCUT2D eigenvalue weighted by Gasteiger charge is 2.12. The van der Waals surface area contributed by atoms with Gasteiger partial charge in [-0.3, -0.25) is 4.79 Å². The van der Waals surface area contributed by atoms with Crippen LogP contribution in [0.4, 0.5) is 5.13 Å². The summed E-state index contributed by atoms with van der Waals surface area (Å²) in [5.74, 6) is 0.636. The zero-order valence-corrected chi connectivity index (χ0v) is 14.4. The first-order valence-corrected chi connectivity index (χ1v) is 8.79. The molecule has 0 fully saturated rings. The van der Waals surface area contributed by atoms with Crippen LogP contribution in [0.1, 0.15) is 12.5 Å². The second-order valence-corrected chi connectivity index (χ2v) is 6.56. The number of H-pyrrole nitrogens is 1. The van der Waals surface area contributed by atoms with Crippen LogP contribution in [0, 0.1) is 0 Å². The normalized spacial score (nSPS) is 11.1. The third kappa shape index (κ3) is 3.18. The minimum Gasteiger partial charge on any atom is -0.492 e. The Morgan fingerprint density at radius 1 is 1.32 bits per heavy atom. The molecule has 126 valence electrons. The number of benzene rings is 2. The number of hydrogen-bond donors (Lipinski definition) is 2. The van der Waals surface area contributed by atoms with Gasteiger partial charge in [0.2, 0.25) is 5.91 Å². The summed E-state index contributed by atoms with van der Waals surface area (Å²) in [4.78, 5) is 24.1. The highest BCUT2D eigenvalue weighted by Crippen LogP contribution is 2.32. The van der Waals surface area contributed by atoms with Crippen molar-refractivity contribution < 1.29 is 9.53 Å². The number of ether oxygens (including phenoxy) is 1. The molecule has 0 atom stereocenters. The lowest BCUT2D eigenvalue weighted by Crippen LogP contribution is -2.14. The Hall–Kier alpha value is -2.93. The van der Waals surface area contributed by atoms with Crippen molar-refractivity contribution in [2.45, 2.75) is 13.3 Å². The van der Waals surface area contributed by atoms with E-state index in [1.165, 1.54) is 11.3 Å². The number of aromatic amines is 1. The smallest absolute Gasteiger partial charge is 0.230 e. The van der Waals surface area contributed by atoms with E-state index in [-0.39, 0.29) is 12.3 Å². The molecule has 2 N–H and O–H groups in total. The highest BCUT2D eigenvalue weighted by atomic mass is 32.1. The monoisotopic (exact) mass is 352 g/mol. The lowest BCUT2D eigenvalue weighted by atomic mass is 10.1. The molecule has 7 heteroatoms. The summed E-state index contributed by atoms with van der Waals surface area (Å²) in [5.41, 5.74) is 3.51. The average Bonchev–Trinajstić information content (AvgIpc) is 3.21. The van der Waals surface area contributed by atoms with Crippen LogP contribution < -0.4 is 10.1 Å². The van der Waals surface area contributed by atoms with Crippen molar-refractivity contribution in [3.05, 3.63) is 48.3 Å². The highest BCUT2D eigenvalue weighted by molar-refractivity contribution is 7.22. The molecule has 25 heavy (non-hydrogen) atoms. The summed E-state index contributed by atoms with van der Waals surface area (Å²) in [6.45, 7) is 2.51. The summed E-state index contributed by atoms with van der Waals surface area (Å²) in [6, 6.07) is 11.5. The molecule has 0 radical (unpaired) electrons. The van der Waals surface area contributed by atoms with Crippen molar-refractivity contribution in [1.29, 1.82) is 0 Å². The number of aromatic nitrogens is 3. The zero-order chi connectivity index (χ0) is 17.2. The number of anilines is 1. The van der Waals surface area contributed by atoms with Gasteiger partial charge in [0.05, 0.1) is 35.1 Å². The molecule has 1 amide bonds. The molecule has 4 aromatic rings. The summed E-state index contributed by atoms with van der Waals surface area (Å²) in [7, 11) is 0. The Morgan fingerprint density at radius 2 is 2.24 bits per heavy atom. The van der Waals surface area contributed by atoms with E-state index in [0.29, 0.717) is 11.7 Å². The van der Waals surface area contributed by atoms with Gasteiger partial charge in [0.15, 0.2) is 5.13 Å². The average molecular weight is 352 g/mol. The van der Waals surface area contributed by atoms with Crippen LogP contribution in [-0.4, -0.2) is 27.5 Å². The van der Waals surface area contributed by atoms with Crippen LogP contribution in [-0.2, 0) is 11.2 Å². The van der Waals surface area contributed by atoms with Gasteiger partial charge in [-0.05, 0) is 36.8 Å². The fourth-order valence-electron chi connectivity index (χ4n) is 2.69. The summed E-state index contributed by atoms with van der Waals surface area (Å²) in [5, 5.41) is 3.46. The number of rotatable bonds is 5. The Bertz CT molecular complexity index is 1050. The van der Waals surface area contributed by atoms with Crippen LogP contribution in [0.5, 0.6) is 5.75 Å². The van der Waals surface area contributed by atoms with Gasteiger partial charge >= 0.3 is 0 Å². The van der Waals surface area contributed by atoms with E-state index >= 15 is 0 Å². The molecule has 0 spiro atoms. The van der Waals surface area contributed by atoms with Crippen molar-refractivity contribution in [3.8, 4) is 5.75 Å². The number of carbonyl (C=O) groups is 1. The van der Waals surface area contributed by atoms with Gasteiger partial charge in [0.1, 0.15) is 11.3 Å². The van der Waals surface area contributed by atoms with E-state index in [1.807, 2.05) is 43.3 Å². The van der Waals surface area contributed by atoms with Crippen molar-refractivity contribution in [2.24, 2.45) is 0 Å². The van der Waals surface area contributed by atoms with Gasteiger partial charge < -0.3 is 15.0 Å². The molecule has 2 heterocycles. The van der Waals surface area contributed by atoms with Crippen molar-refractivity contribution >= 4 is 43.6 Å². The molecule has 6 nitrogen and oxygen atoms in total. The lowest BCUT2D eigenvalue weighted by Gasteiger charge is -2.03. The van der Waals surface area contributed by atoms with Crippen molar-refractivity contribution in [1.82, 2.24) is 15.0 Å². The van der Waals surface area contributed by atoms with E-state index in [0.717, 1.165) is 32.6 Å². The van der Waals surface area contributed by atoms with Gasteiger partial charge in [0, 0.05) is 0 Å². The summed E-state index contributed by atoms with van der Waals surface area (Å²) >= 11 is 1.44. The summed E-state index contributed by atoms with van der Waals surface area (Å²) in [6.07, 6.45) is 1.93. The lowest BCUT2D eigenvalue weighted by molar-refractivity contribution is -0.115. The van der Waals surface area contributed by atoms with Gasteiger partial charge in [-0.25, -0.2) is 9.97 Å². The molecule has 4 rings (SSSR count). The Balaban J connectivity index is 1.52. The molecule has 0 unspecified atom stereocenters. The molecular weight excluding hydrogens is 336 g/mol. The topological polar surface area (TPSA) is 79.9 Å². The van der Waals surface area contributed by atoms with E-state index < -0.39 is 0 Å². The van der Waals surface area contributed by atoms with E-state index in [1.54, 1.807) is 6.33 Å². The van der Waals surface area contributed by atoms with E-state index in [9.17, 15) is 4.79 Å². The first-order valence-electron chi connectivity index (χ1n) is 7.97. The molecule has 2 aromatic carbocycles.